The van der Waals surface area contributed by atoms with Crippen LogP contribution in [0.5, 0.6) is 0 Å². The molecule has 4 heteroatoms. The number of carbonyl (C=O) groups excluding carboxylic acids is 1. The summed E-state index contributed by atoms with van der Waals surface area (Å²) < 4.78 is 5.33. The van der Waals surface area contributed by atoms with Gasteiger partial charge in [-0.25, -0.2) is 0 Å². The molecule has 1 aromatic carbocycles. The molecular weight excluding hydrogens is 240 g/mol. The number of carbonyl (C=O) groups is 1. The van der Waals surface area contributed by atoms with Gasteiger partial charge in [-0.1, -0.05) is 30.3 Å². The van der Waals surface area contributed by atoms with Gasteiger partial charge in [0.05, 0.1) is 18.6 Å². The molecule has 0 unspecified atom stereocenters. The molecule has 1 atom stereocenters. The molecule has 0 saturated carbocycles. The highest BCUT2D eigenvalue weighted by Crippen LogP contribution is 2.27. The SMILES string of the molecule is C[C@](CCN1CCOCC1)(C(N)=O)c1ccccc1. The van der Waals surface area contributed by atoms with E-state index in [1.54, 1.807) is 0 Å². The molecule has 1 heterocycles. The van der Waals surface area contributed by atoms with Crippen LogP contribution in [0.2, 0.25) is 0 Å². The van der Waals surface area contributed by atoms with Crippen molar-refractivity contribution in [1.29, 1.82) is 0 Å². The molecule has 19 heavy (non-hydrogen) atoms. The predicted molar refractivity (Wildman–Crippen MR) is 74.9 cm³/mol. The van der Waals surface area contributed by atoms with E-state index in [0.717, 1.165) is 44.8 Å². The number of morpholine rings is 1. The fourth-order valence-electron chi connectivity index (χ4n) is 2.42. The monoisotopic (exact) mass is 262 g/mol. The summed E-state index contributed by atoms with van der Waals surface area (Å²) in [6.07, 6.45) is 0.742. The molecule has 0 aliphatic carbocycles. The highest BCUT2D eigenvalue weighted by Gasteiger charge is 2.33. The molecule has 2 rings (SSSR count). The first-order valence-corrected chi connectivity index (χ1v) is 6.78. The van der Waals surface area contributed by atoms with Crippen LogP contribution >= 0.6 is 0 Å². The lowest BCUT2D eigenvalue weighted by atomic mass is 9.78. The molecule has 0 aromatic heterocycles. The smallest absolute Gasteiger partial charge is 0.227 e. The number of primary amides is 1. The van der Waals surface area contributed by atoms with Crippen LogP contribution in [-0.4, -0.2) is 43.7 Å². The number of rotatable bonds is 5. The molecule has 2 N–H and O–H groups in total. The van der Waals surface area contributed by atoms with Crippen LogP contribution in [0.1, 0.15) is 18.9 Å². The Bertz CT molecular complexity index is 415. The molecule has 0 radical (unpaired) electrons. The number of benzene rings is 1. The summed E-state index contributed by atoms with van der Waals surface area (Å²) >= 11 is 0. The van der Waals surface area contributed by atoms with E-state index in [-0.39, 0.29) is 5.91 Å². The van der Waals surface area contributed by atoms with E-state index in [1.165, 1.54) is 0 Å². The third-order valence-corrected chi connectivity index (χ3v) is 3.99. The second kappa shape index (κ2) is 6.17. The number of hydrogen-bond donors (Lipinski definition) is 1. The van der Waals surface area contributed by atoms with E-state index in [2.05, 4.69) is 4.90 Å². The van der Waals surface area contributed by atoms with Crippen molar-refractivity contribution in [3.8, 4) is 0 Å². The standard InChI is InChI=1S/C15H22N2O2/c1-15(14(16)18,13-5-3-2-4-6-13)7-8-17-9-11-19-12-10-17/h2-6H,7-12H2,1H3,(H2,16,18)/t15-/m1/s1. The van der Waals surface area contributed by atoms with Gasteiger partial charge in [0.2, 0.25) is 5.91 Å². The third-order valence-electron chi connectivity index (χ3n) is 3.99. The second-order valence-electron chi connectivity index (χ2n) is 5.27. The van der Waals surface area contributed by atoms with E-state index in [0.29, 0.717) is 0 Å². The summed E-state index contributed by atoms with van der Waals surface area (Å²) in [7, 11) is 0. The Morgan fingerprint density at radius 1 is 1.32 bits per heavy atom. The first kappa shape index (κ1) is 14.0. The molecule has 4 nitrogen and oxygen atoms in total. The van der Waals surface area contributed by atoms with Gasteiger partial charge in [-0.3, -0.25) is 9.69 Å². The van der Waals surface area contributed by atoms with Crippen molar-refractivity contribution in [1.82, 2.24) is 4.90 Å². The minimum Gasteiger partial charge on any atom is -0.379 e. The van der Waals surface area contributed by atoms with E-state index in [4.69, 9.17) is 10.5 Å². The Hall–Kier alpha value is -1.39. The van der Waals surface area contributed by atoms with E-state index >= 15 is 0 Å². The molecule has 0 bridgehead atoms. The molecule has 1 aliphatic heterocycles. The summed E-state index contributed by atoms with van der Waals surface area (Å²) in [6.45, 7) is 6.23. The van der Waals surface area contributed by atoms with Gasteiger partial charge in [-0.2, -0.15) is 0 Å². The number of hydrogen-bond acceptors (Lipinski definition) is 3. The topological polar surface area (TPSA) is 55.6 Å². The van der Waals surface area contributed by atoms with Gasteiger partial charge in [0.1, 0.15) is 0 Å². The van der Waals surface area contributed by atoms with Crippen LogP contribution in [0.4, 0.5) is 0 Å². The number of ether oxygens (including phenoxy) is 1. The van der Waals surface area contributed by atoms with Crippen LogP contribution < -0.4 is 5.73 Å². The summed E-state index contributed by atoms with van der Waals surface area (Å²) in [5.41, 5.74) is 6.03. The normalized spacial score (nSPS) is 19.8. The van der Waals surface area contributed by atoms with E-state index in [1.807, 2.05) is 37.3 Å². The van der Waals surface area contributed by atoms with E-state index < -0.39 is 5.41 Å². The Labute approximate surface area is 114 Å². The highest BCUT2D eigenvalue weighted by molar-refractivity contribution is 5.86. The van der Waals surface area contributed by atoms with E-state index in [9.17, 15) is 4.79 Å². The Balaban J connectivity index is 2.05. The van der Waals surface area contributed by atoms with Gasteiger partial charge < -0.3 is 10.5 Å². The number of nitrogens with zero attached hydrogens (tertiary/aromatic N) is 1. The van der Waals surface area contributed by atoms with Crippen LogP contribution in [0.3, 0.4) is 0 Å². The van der Waals surface area contributed by atoms with Crippen molar-refractivity contribution in [3.63, 3.8) is 0 Å². The van der Waals surface area contributed by atoms with Gasteiger partial charge in [-0.15, -0.1) is 0 Å². The number of nitrogens with two attached hydrogens (primary N) is 1. The van der Waals surface area contributed by atoms with Gasteiger partial charge in [0.25, 0.3) is 0 Å². The number of amides is 1. The first-order chi connectivity index (χ1) is 9.13. The Kier molecular flexibility index (Phi) is 4.56. The van der Waals surface area contributed by atoms with Crippen LogP contribution in [-0.2, 0) is 14.9 Å². The van der Waals surface area contributed by atoms with Crippen molar-refractivity contribution in [3.05, 3.63) is 35.9 Å². The van der Waals surface area contributed by atoms with Gasteiger partial charge in [0, 0.05) is 13.1 Å². The Morgan fingerprint density at radius 2 is 1.95 bits per heavy atom. The lowest BCUT2D eigenvalue weighted by Gasteiger charge is -2.32. The predicted octanol–water partition coefficient (Wildman–Crippen LogP) is 1.15. The molecule has 1 aromatic rings. The molecule has 104 valence electrons. The van der Waals surface area contributed by atoms with Crippen molar-refractivity contribution in [2.45, 2.75) is 18.8 Å². The molecule has 1 saturated heterocycles. The zero-order valence-corrected chi connectivity index (χ0v) is 11.5. The quantitative estimate of drug-likeness (QED) is 0.866. The fourth-order valence-corrected chi connectivity index (χ4v) is 2.42. The second-order valence-corrected chi connectivity index (χ2v) is 5.27. The van der Waals surface area contributed by atoms with Crippen LogP contribution in [0.25, 0.3) is 0 Å². The zero-order chi connectivity index (χ0) is 13.7. The third kappa shape index (κ3) is 3.33. The Morgan fingerprint density at radius 3 is 2.53 bits per heavy atom. The van der Waals surface area contributed by atoms with Gasteiger partial charge in [-0.05, 0) is 25.5 Å². The first-order valence-electron chi connectivity index (χ1n) is 6.78. The minimum absolute atomic E-state index is 0.257. The largest absolute Gasteiger partial charge is 0.379 e. The van der Waals surface area contributed by atoms with Crippen molar-refractivity contribution >= 4 is 5.91 Å². The summed E-state index contributed by atoms with van der Waals surface area (Å²) in [4.78, 5) is 14.2. The molecule has 1 amide bonds. The highest BCUT2D eigenvalue weighted by atomic mass is 16.5. The summed E-state index contributed by atoms with van der Waals surface area (Å²) in [5.74, 6) is -0.257. The summed E-state index contributed by atoms with van der Waals surface area (Å²) in [5, 5.41) is 0. The minimum atomic E-state index is -0.598. The average molecular weight is 262 g/mol. The molecular formula is C15H22N2O2. The fraction of sp³-hybridized carbons (Fsp3) is 0.533. The van der Waals surface area contributed by atoms with Crippen LogP contribution in [0, 0.1) is 0 Å². The maximum atomic E-state index is 11.9. The molecule has 0 spiro atoms. The van der Waals surface area contributed by atoms with Crippen molar-refractivity contribution < 1.29 is 9.53 Å². The van der Waals surface area contributed by atoms with Gasteiger partial charge >= 0.3 is 0 Å². The lowest BCUT2D eigenvalue weighted by Crippen LogP contribution is -2.44. The summed E-state index contributed by atoms with van der Waals surface area (Å²) in [6, 6.07) is 9.80. The van der Waals surface area contributed by atoms with Gasteiger partial charge in [0.15, 0.2) is 0 Å². The molecule has 1 aliphatic rings. The average Bonchev–Trinajstić information content (AvgIpc) is 2.46. The van der Waals surface area contributed by atoms with Crippen molar-refractivity contribution in [2.24, 2.45) is 5.73 Å². The van der Waals surface area contributed by atoms with Crippen LogP contribution in [0.15, 0.2) is 30.3 Å². The lowest BCUT2D eigenvalue weighted by molar-refractivity contribution is -0.123. The molecule has 1 fully saturated rings. The zero-order valence-electron chi connectivity index (χ0n) is 11.5. The van der Waals surface area contributed by atoms with Crippen molar-refractivity contribution in [2.75, 3.05) is 32.8 Å². The maximum absolute atomic E-state index is 11.9. The maximum Gasteiger partial charge on any atom is 0.227 e.